The van der Waals surface area contributed by atoms with Crippen LogP contribution in [-0.2, 0) is 4.74 Å². The first-order chi connectivity index (χ1) is 11.7. The average molecular weight is 363 g/mol. The van der Waals surface area contributed by atoms with E-state index in [0.717, 1.165) is 11.0 Å². The van der Waals surface area contributed by atoms with Gasteiger partial charge in [0.15, 0.2) is 11.0 Å². The van der Waals surface area contributed by atoms with Crippen LogP contribution < -0.4 is 4.90 Å². The molecule has 0 radical (unpaired) electrons. The Kier molecular flexibility index (Phi) is 4.73. The van der Waals surface area contributed by atoms with E-state index in [4.69, 9.17) is 16.3 Å². The molecule has 1 amide bonds. The van der Waals surface area contributed by atoms with Crippen LogP contribution in [0.2, 0.25) is 5.15 Å². The number of amides is 1. The molecule has 3 rings (SSSR count). The van der Waals surface area contributed by atoms with E-state index in [2.05, 4.69) is 14.9 Å². The van der Waals surface area contributed by atoms with Crippen molar-refractivity contribution in [1.29, 1.82) is 0 Å². The molecule has 25 heavy (non-hydrogen) atoms. The van der Waals surface area contributed by atoms with Crippen LogP contribution in [0.4, 0.5) is 10.6 Å². The summed E-state index contributed by atoms with van der Waals surface area (Å²) in [6, 6.07) is 7.64. The summed E-state index contributed by atoms with van der Waals surface area (Å²) >= 11 is 6.35. The molecule has 6 nitrogen and oxygen atoms in total. The Balaban J connectivity index is 1.77. The van der Waals surface area contributed by atoms with E-state index < -0.39 is 5.60 Å². The molecule has 1 aromatic carbocycles. The van der Waals surface area contributed by atoms with Crippen LogP contribution in [0.1, 0.15) is 27.7 Å². The molecule has 1 fully saturated rings. The SMILES string of the molecule is C[C@@H]1CN(c2nc3ccccc3nc2Cl)CCN1C(=O)OC(C)(C)C. The van der Waals surface area contributed by atoms with Gasteiger partial charge in [0.2, 0.25) is 0 Å². The second kappa shape index (κ2) is 6.67. The van der Waals surface area contributed by atoms with Gasteiger partial charge in [-0.15, -0.1) is 0 Å². The third-order valence-electron chi connectivity index (χ3n) is 4.07. The summed E-state index contributed by atoms with van der Waals surface area (Å²) in [6.45, 7) is 9.43. The number of para-hydroxylation sites is 2. The van der Waals surface area contributed by atoms with Crippen molar-refractivity contribution >= 4 is 34.5 Å². The molecular weight excluding hydrogens is 340 g/mol. The number of nitrogens with zero attached hydrogens (tertiary/aromatic N) is 4. The number of aromatic nitrogens is 2. The molecule has 0 unspecified atom stereocenters. The zero-order valence-electron chi connectivity index (χ0n) is 15.0. The fraction of sp³-hybridized carbons (Fsp3) is 0.500. The van der Waals surface area contributed by atoms with Crippen molar-refractivity contribution in [2.24, 2.45) is 0 Å². The maximum absolute atomic E-state index is 12.3. The molecule has 0 N–H and O–H groups in total. The highest BCUT2D eigenvalue weighted by atomic mass is 35.5. The summed E-state index contributed by atoms with van der Waals surface area (Å²) in [4.78, 5) is 25.3. The van der Waals surface area contributed by atoms with E-state index in [9.17, 15) is 4.79 Å². The first-order valence-electron chi connectivity index (χ1n) is 8.41. The summed E-state index contributed by atoms with van der Waals surface area (Å²) in [7, 11) is 0. The lowest BCUT2D eigenvalue weighted by Crippen LogP contribution is -2.55. The number of piperazine rings is 1. The van der Waals surface area contributed by atoms with Crippen LogP contribution in [0.3, 0.4) is 0 Å². The molecule has 1 atom stereocenters. The largest absolute Gasteiger partial charge is 0.444 e. The van der Waals surface area contributed by atoms with Gasteiger partial charge in [-0.1, -0.05) is 23.7 Å². The smallest absolute Gasteiger partial charge is 0.410 e. The topological polar surface area (TPSA) is 58.6 Å². The summed E-state index contributed by atoms with van der Waals surface area (Å²) in [6.07, 6.45) is -0.282. The van der Waals surface area contributed by atoms with Crippen LogP contribution >= 0.6 is 11.6 Å². The molecule has 2 aromatic rings. The van der Waals surface area contributed by atoms with Gasteiger partial charge < -0.3 is 14.5 Å². The second-order valence-corrected chi connectivity index (χ2v) is 7.65. The van der Waals surface area contributed by atoms with Crippen molar-refractivity contribution in [3.63, 3.8) is 0 Å². The predicted octanol–water partition coefficient (Wildman–Crippen LogP) is 3.73. The van der Waals surface area contributed by atoms with Crippen LogP contribution in [0.15, 0.2) is 24.3 Å². The van der Waals surface area contributed by atoms with Crippen molar-refractivity contribution in [2.45, 2.75) is 39.3 Å². The van der Waals surface area contributed by atoms with E-state index in [1.165, 1.54) is 0 Å². The van der Waals surface area contributed by atoms with E-state index in [0.29, 0.717) is 30.6 Å². The zero-order chi connectivity index (χ0) is 18.2. The Bertz CT molecular complexity index is 790. The molecular formula is C18H23ClN4O2. The molecule has 1 aliphatic heterocycles. The number of halogens is 1. The van der Waals surface area contributed by atoms with Crippen LogP contribution in [0, 0.1) is 0 Å². The minimum absolute atomic E-state index is 0.00654. The van der Waals surface area contributed by atoms with Crippen molar-refractivity contribution in [3.8, 4) is 0 Å². The number of benzene rings is 1. The lowest BCUT2D eigenvalue weighted by Gasteiger charge is -2.40. The standard InChI is InChI=1S/C18H23ClN4O2/c1-12-11-22(9-10-23(12)17(24)25-18(2,3)4)16-15(19)20-13-7-5-6-8-14(13)21-16/h5-8,12H,9-11H2,1-4H3/t12-/m1/s1. The molecule has 1 saturated heterocycles. The van der Waals surface area contributed by atoms with Gasteiger partial charge in [0.1, 0.15) is 5.60 Å². The highest BCUT2D eigenvalue weighted by Gasteiger charge is 2.32. The minimum Gasteiger partial charge on any atom is -0.444 e. The fourth-order valence-corrected chi connectivity index (χ4v) is 3.17. The normalized spacial score (nSPS) is 18.5. The summed E-state index contributed by atoms with van der Waals surface area (Å²) in [5, 5.41) is 0.386. The van der Waals surface area contributed by atoms with Crippen molar-refractivity contribution in [2.75, 3.05) is 24.5 Å². The van der Waals surface area contributed by atoms with Gasteiger partial charge in [0.05, 0.1) is 11.0 Å². The van der Waals surface area contributed by atoms with Crippen molar-refractivity contribution in [3.05, 3.63) is 29.4 Å². The lowest BCUT2D eigenvalue weighted by molar-refractivity contribution is 0.0158. The number of ether oxygens (including phenoxy) is 1. The molecule has 1 aliphatic rings. The van der Waals surface area contributed by atoms with Gasteiger partial charge in [0.25, 0.3) is 0 Å². The van der Waals surface area contributed by atoms with Gasteiger partial charge >= 0.3 is 6.09 Å². The lowest BCUT2D eigenvalue weighted by atomic mass is 10.2. The maximum Gasteiger partial charge on any atom is 0.410 e. The minimum atomic E-state index is -0.499. The van der Waals surface area contributed by atoms with E-state index in [1.807, 2.05) is 52.0 Å². The average Bonchev–Trinajstić information content (AvgIpc) is 2.52. The molecule has 0 spiro atoms. The Morgan fingerprint density at radius 3 is 2.44 bits per heavy atom. The molecule has 1 aromatic heterocycles. The molecule has 7 heteroatoms. The van der Waals surface area contributed by atoms with Gasteiger partial charge in [-0.05, 0) is 39.8 Å². The number of carbonyl (C=O) groups is 1. The van der Waals surface area contributed by atoms with E-state index in [-0.39, 0.29) is 12.1 Å². The predicted molar refractivity (Wildman–Crippen MR) is 99.2 cm³/mol. The third kappa shape index (κ3) is 3.95. The third-order valence-corrected chi connectivity index (χ3v) is 4.32. The second-order valence-electron chi connectivity index (χ2n) is 7.30. The van der Waals surface area contributed by atoms with Crippen molar-refractivity contribution in [1.82, 2.24) is 14.9 Å². The van der Waals surface area contributed by atoms with Crippen LogP contribution in [-0.4, -0.2) is 52.2 Å². The Morgan fingerprint density at radius 2 is 1.84 bits per heavy atom. The van der Waals surface area contributed by atoms with E-state index in [1.54, 1.807) is 4.90 Å². The summed E-state index contributed by atoms with van der Waals surface area (Å²) < 4.78 is 5.48. The van der Waals surface area contributed by atoms with Gasteiger partial charge in [-0.2, -0.15) is 0 Å². The highest BCUT2D eigenvalue weighted by molar-refractivity contribution is 6.32. The Hall–Kier alpha value is -2.08. The van der Waals surface area contributed by atoms with Gasteiger partial charge in [0, 0.05) is 25.7 Å². The molecule has 134 valence electrons. The molecule has 0 saturated carbocycles. The highest BCUT2D eigenvalue weighted by Crippen LogP contribution is 2.27. The summed E-state index contributed by atoms with van der Waals surface area (Å²) in [5.41, 5.74) is 1.09. The fourth-order valence-electron chi connectivity index (χ4n) is 2.91. The summed E-state index contributed by atoms with van der Waals surface area (Å²) in [5.74, 6) is 0.663. The first kappa shape index (κ1) is 17.7. The van der Waals surface area contributed by atoms with Gasteiger partial charge in [-0.3, -0.25) is 0 Å². The number of hydrogen-bond acceptors (Lipinski definition) is 5. The monoisotopic (exact) mass is 362 g/mol. The van der Waals surface area contributed by atoms with Crippen molar-refractivity contribution < 1.29 is 9.53 Å². The number of anilines is 1. The number of fused-ring (bicyclic) bond motifs is 1. The number of carbonyl (C=O) groups excluding carboxylic acids is 1. The first-order valence-corrected chi connectivity index (χ1v) is 8.79. The quantitative estimate of drug-likeness (QED) is 0.773. The Morgan fingerprint density at radius 1 is 1.20 bits per heavy atom. The van der Waals surface area contributed by atoms with Gasteiger partial charge in [-0.25, -0.2) is 14.8 Å². The van der Waals surface area contributed by atoms with E-state index >= 15 is 0 Å². The van der Waals surface area contributed by atoms with Crippen LogP contribution in [0.5, 0.6) is 0 Å². The molecule has 0 aliphatic carbocycles. The zero-order valence-corrected chi connectivity index (χ0v) is 15.7. The molecule has 2 heterocycles. The Labute approximate surface area is 152 Å². The number of hydrogen-bond donors (Lipinski definition) is 0. The number of rotatable bonds is 1. The molecule has 0 bridgehead atoms. The maximum atomic E-state index is 12.3. The van der Waals surface area contributed by atoms with Crippen LogP contribution in [0.25, 0.3) is 11.0 Å².